The molecule has 2 aromatic rings. The lowest BCUT2D eigenvalue weighted by atomic mass is 9.91. The molecule has 0 aromatic carbocycles. The summed E-state index contributed by atoms with van der Waals surface area (Å²) >= 11 is 0. The third-order valence-electron chi connectivity index (χ3n) is 6.33. The van der Waals surface area contributed by atoms with Crippen LogP contribution in [-0.2, 0) is 21.2 Å². The van der Waals surface area contributed by atoms with E-state index in [9.17, 15) is 18.0 Å². The summed E-state index contributed by atoms with van der Waals surface area (Å²) in [6.45, 7) is 4.11. The molecular formula is C20H29N5O4S. The summed E-state index contributed by atoms with van der Waals surface area (Å²) in [5.74, 6) is 0.123. The van der Waals surface area contributed by atoms with Gasteiger partial charge in [-0.05, 0) is 32.1 Å². The van der Waals surface area contributed by atoms with Crippen molar-refractivity contribution in [1.29, 1.82) is 0 Å². The Morgan fingerprint density at radius 3 is 2.60 bits per heavy atom. The number of fused-ring (bicyclic) bond motifs is 1. The van der Waals surface area contributed by atoms with Crippen molar-refractivity contribution in [3.05, 3.63) is 33.9 Å². The maximum absolute atomic E-state index is 13.1. The summed E-state index contributed by atoms with van der Waals surface area (Å²) in [5.41, 5.74) is 2.19. The molecule has 0 aliphatic carbocycles. The van der Waals surface area contributed by atoms with Crippen molar-refractivity contribution in [1.82, 2.24) is 23.8 Å². The summed E-state index contributed by atoms with van der Waals surface area (Å²) in [6, 6.07) is 3.47. The van der Waals surface area contributed by atoms with E-state index in [4.69, 9.17) is 0 Å². The van der Waals surface area contributed by atoms with Gasteiger partial charge >= 0.3 is 0 Å². The monoisotopic (exact) mass is 435 g/mol. The van der Waals surface area contributed by atoms with Gasteiger partial charge in [-0.2, -0.15) is 0 Å². The van der Waals surface area contributed by atoms with Crippen LogP contribution >= 0.6 is 0 Å². The van der Waals surface area contributed by atoms with Crippen molar-refractivity contribution < 1.29 is 13.2 Å². The molecule has 2 aliphatic rings. The third-order valence-corrected chi connectivity index (χ3v) is 7.63. The topological polar surface area (TPSA) is 108 Å². The molecule has 1 atom stereocenters. The van der Waals surface area contributed by atoms with Gasteiger partial charge in [0.25, 0.3) is 5.56 Å². The number of likely N-dealkylation sites (tertiary alicyclic amines) is 1. The summed E-state index contributed by atoms with van der Waals surface area (Å²) < 4.78 is 26.3. The van der Waals surface area contributed by atoms with Gasteiger partial charge in [-0.3, -0.25) is 14.7 Å². The van der Waals surface area contributed by atoms with Gasteiger partial charge in [0.2, 0.25) is 15.9 Å². The zero-order valence-electron chi connectivity index (χ0n) is 17.5. The molecule has 0 bridgehead atoms. The Labute approximate surface area is 176 Å². The molecule has 30 heavy (non-hydrogen) atoms. The van der Waals surface area contributed by atoms with Crippen LogP contribution in [0.3, 0.4) is 0 Å². The molecule has 2 aliphatic heterocycles. The van der Waals surface area contributed by atoms with Crippen molar-refractivity contribution in [2.45, 2.75) is 44.9 Å². The number of aromatic amines is 1. The lowest BCUT2D eigenvalue weighted by molar-refractivity contribution is -0.138. The number of carbonyl (C=O) groups is 1. The molecule has 10 heteroatoms. The Morgan fingerprint density at radius 1 is 1.20 bits per heavy atom. The number of nitrogens with zero attached hydrogens (tertiary/aromatic N) is 4. The van der Waals surface area contributed by atoms with Crippen LogP contribution in [-0.4, -0.2) is 70.6 Å². The fourth-order valence-corrected chi connectivity index (χ4v) is 5.45. The van der Waals surface area contributed by atoms with E-state index in [1.54, 1.807) is 6.07 Å². The van der Waals surface area contributed by atoms with Crippen LogP contribution in [0.2, 0.25) is 0 Å². The number of rotatable bonds is 4. The largest absolute Gasteiger partial charge is 0.342 e. The summed E-state index contributed by atoms with van der Waals surface area (Å²) in [7, 11) is -3.20. The first-order valence-electron chi connectivity index (χ1n) is 10.6. The molecule has 2 saturated heterocycles. The highest BCUT2D eigenvalue weighted by atomic mass is 32.2. The van der Waals surface area contributed by atoms with Crippen molar-refractivity contribution >= 4 is 21.6 Å². The number of hydrogen-bond donors (Lipinski definition) is 1. The molecule has 1 unspecified atom stereocenters. The van der Waals surface area contributed by atoms with E-state index in [1.165, 1.54) is 15.1 Å². The van der Waals surface area contributed by atoms with Gasteiger partial charge in [0.1, 0.15) is 0 Å². The van der Waals surface area contributed by atoms with Gasteiger partial charge in [-0.1, -0.05) is 6.92 Å². The number of nitrogens with one attached hydrogen (secondary N) is 1. The molecule has 4 rings (SSSR count). The Bertz CT molecular complexity index is 1100. The van der Waals surface area contributed by atoms with Crippen LogP contribution in [0.25, 0.3) is 5.65 Å². The van der Waals surface area contributed by atoms with E-state index in [1.807, 2.05) is 17.9 Å². The molecule has 1 N–H and O–H groups in total. The van der Waals surface area contributed by atoms with Gasteiger partial charge in [0, 0.05) is 61.5 Å². The van der Waals surface area contributed by atoms with Crippen LogP contribution in [0, 0.1) is 5.92 Å². The van der Waals surface area contributed by atoms with E-state index in [0.29, 0.717) is 44.5 Å². The summed E-state index contributed by atoms with van der Waals surface area (Å²) in [5, 5.41) is 3.18. The molecule has 2 aromatic heterocycles. The smallest absolute Gasteiger partial charge is 0.272 e. The standard InChI is InChI=1S/C20H29N5O4S/c1-3-16-11-19(26)25-18(21-16)12-17(22-25)15-5-4-8-23(13-15)20(27)14-6-9-24(10-7-14)30(2,28)29/h11-12,14-15,22H,3-10,13H2,1-2H3. The molecule has 1 amide bonds. The van der Waals surface area contributed by atoms with E-state index >= 15 is 0 Å². The highest BCUT2D eigenvalue weighted by Gasteiger charge is 2.34. The number of amides is 1. The zero-order valence-corrected chi connectivity index (χ0v) is 18.3. The quantitative estimate of drug-likeness (QED) is 0.770. The number of hydrogen-bond acceptors (Lipinski definition) is 5. The molecule has 0 spiro atoms. The van der Waals surface area contributed by atoms with Crippen molar-refractivity contribution in [3.63, 3.8) is 0 Å². The first-order valence-corrected chi connectivity index (χ1v) is 12.5. The average molecular weight is 436 g/mol. The Kier molecular flexibility index (Phi) is 5.71. The highest BCUT2D eigenvalue weighted by Crippen LogP contribution is 2.29. The maximum atomic E-state index is 13.1. The molecule has 4 heterocycles. The van der Waals surface area contributed by atoms with Gasteiger partial charge in [-0.15, -0.1) is 0 Å². The first-order chi connectivity index (χ1) is 14.3. The van der Waals surface area contributed by atoms with E-state index in [2.05, 4.69) is 10.1 Å². The summed E-state index contributed by atoms with van der Waals surface area (Å²) in [4.78, 5) is 31.8. The predicted molar refractivity (Wildman–Crippen MR) is 113 cm³/mol. The second-order valence-electron chi connectivity index (χ2n) is 8.40. The third kappa shape index (κ3) is 4.15. The Balaban J connectivity index is 1.46. The number of aryl methyl sites for hydroxylation is 1. The fraction of sp³-hybridized carbons (Fsp3) is 0.650. The van der Waals surface area contributed by atoms with Crippen LogP contribution < -0.4 is 5.56 Å². The van der Waals surface area contributed by atoms with Gasteiger partial charge in [-0.25, -0.2) is 22.2 Å². The molecule has 2 fully saturated rings. The van der Waals surface area contributed by atoms with Crippen molar-refractivity contribution in [3.8, 4) is 0 Å². The van der Waals surface area contributed by atoms with Gasteiger partial charge in [0.05, 0.1) is 6.26 Å². The zero-order chi connectivity index (χ0) is 21.5. The van der Waals surface area contributed by atoms with E-state index in [-0.39, 0.29) is 23.3 Å². The molecule has 0 radical (unpaired) electrons. The van der Waals surface area contributed by atoms with Gasteiger partial charge in [0.15, 0.2) is 5.65 Å². The lowest BCUT2D eigenvalue weighted by Crippen LogP contribution is -2.46. The Morgan fingerprint density at radius 2 is 1.93 bits per heavy atom. The van der Waals surface area contributed by atoms with Crippen LogP contribution in [0.4, 0.5) is 0 Å². The van der Waals surface area contributed by atoms with Crippen molar-refractivity contribution in [2.75, 3.05) is 32.4 Å². The normalized spacial score (nSPS) is 21.9. The first kappa shape index (κ1) is 21.0. The molecule has 0 saturated carbocycles. The highest BCUT2D eigenvalue weighted by molar-refractivity contribution is 7.88. The van der Waals surface area contributed by atoms with Crippen molar-refractivity contribution in [2.24, 2.45) is 5.92 Å². The minimum absolute atomic E-state index is 0.118. The van der Waals surface area contributed by atoms with Crippen LogP contribution in [0.15, 0.2) is 16.9 Å². The SMILES string of the molecule is CCc1cc(=O)n2[nH]c(C3CCCN(C(=O)C4CCN(S(C)(=O)=O)CC4)C3)cc2n1. The molecule has 9 nitrogen and oxygen atoms in total. The number of carbonyl (C=O) groups excluding carboxylic acids is 1. The molecule has 164 valence electrons. The average Bonchev–Trinajstić information content (AvgIpc) is 3.17. The fourth-order valence-electron chi connectivity index (χ4n) is 4.57. The number of piperidine rings is 2. The Hall–Kier alpha value is -2.20. The van der Waals surface area contributed by atoms with Crippen LogP contribution in [0.1, 0.15) is 49.9 Å². The minimum atomic E-state index is -3.20. The lowest BCUT2D eigenvalue weighted by Gasteiger charge is -2.37. The second-order valence-corrected chi connectivity index (χ2v) is 10.4. The van der Waals surface area contributed by atoms with Crippen LogP contribution in [0.5, 0.6) is 0 Å². The number of H-pyrrole nitrogens is 1. The second kappa shape index (κ2) is 8.14. The van der Waals surface area contributed by atoms with E-state index in [0.717, 1.165) is 30.8 Å². The molecular weight excluding hydrogens is 406 g/mol. The summed E-state index contributed by atoms with van der Waals surface area (Å²) in [6.07, 6.45) is 4.90. The maximum Gasteiger partial charge on any atom is 0.272 e. The van der Waals surface area contributed by atoms with E-state index < -0.39 is 10.0 Å². The minimum Gasteiger partial charge on any atom is -0.342 e. The number of aromatic nitrogens is 3. The predicted octanol–water partition coefficient (Wildman–Crippen LogP) is 0.963. The number of sulfonamides is 1. The van der Waals surface area contributed by atoms with Gasteiger partial charge < -0.3 is 4.90 Å².